The SMILES string of the molecule is CC(C)C(=O)N1CCC(NC(=O)Nc2ccc(S(=O)(=O)[C@@H](C)C#N)cc2)CC1. The molecule has 9 heteroatoms. The number of urea groups is 1. The van der Waals surface area contributed by atoms with Crippen LogP contribution in [0, 0.1) is 17.2 Å². The fourth-order valence-electron chi connectivity index (χ4n) is 2.96. The van der Waals surface area contributed by atoms with Gasteiger partial charge in [0.15, 0.2) is 9.84 Å². The summed E-state index contributed by atoms with van der Waals surface area (Å²) in [6, 6.07) is 7.03. The molecule has 1 aliphatic heterocycles. The molecular formula is C19H26N4O4S. The molecule has 3 amide bonds. The van der Waals surface area contributed by atoms with Gasteiger partial charge in [0.05, 0.1) is 11.0 Å². The molecule has 0 aromatic heterocycles. The molecule has 0 spiro atoms. The highest BCUT2D eigenvalue weighted by molar-refractivity contribution is 7.92. The van der Waals surface area contributed by atoms with E-state index in [4.69, 9.17) is 5.26 Å². The fraction of sp³-hybridized carbons (Fsp3) is 0.526. The van der Waals surface area contributed by atoms with Crippen LogP contribution in [0.5, 0.6) is 0 Å². The smallest absolute Gasteiger partial charge is 0.319 e. The van der Waals surface area contributed by atoms with E-state index in [0.29, 0.717) is 31.6 Å². The van der Waals surface area contributed by atoms with Gasteiger partial charge in [0.1, 0.15) is 5.25 Å². The van der Waals surface area contributed by atoms with E-state index >= 15 is 0 Å². The van der Waals surface area contributed by atoms with Gasteiger partial charge in [-0.3, -0.25) is 4.79 Å². The molecular weight excluding hydrogens is 380 g/mol. The minimum absolute atomic E-state index is 0.0210. The largest absolute Gasteiger partial charge is 0.342 e. The number of carbonyl (C=O) groups excluding carboxylic acids is 2. The highest BCUT2D eigenvalue weighted by Crippen LogP contribution is 2.19. The maximum atomic E-state index is 12.2. The van der Waals surface area contributed by atoms with Crippen molar-refractivity contribution in [2.24, 2.45) is 5.92 Å². The molecule has 28 heavy (non-hydrogen) atoms. The second-order valence-electron chi connectivity index (χ2n) is 7.19. The second-order valence-corrected chi connectivity index (χ2v) is 9.46. The van der Waals surface area contributed by atoms with Crippen molar-refractivity contribution in [2.75, 3.05) is 18.4 Å². The second kappa shape index (κ2) is 9.06. The molecule has 1 aromatic carbocycles. The lowest BCUT2D eigenvalue weighted by atomic mass is 10.0. The maximum absolute atomic E-state index is 12.2. The van der Waals surface area contributed by atoms with Crippen LogP contribution in [0.25, 0.3) is 0 Å². The first-order valence-electron chi connectivity index (χ1n) is 9.25. The summed E-state index contributed by atoms with van der Waals surface area (Å²) in [5, 5.41) is 13.2. The molecule has 1 saturated heterocycles. The van der Waals surface area contributed by atoms with Gasteiger partial charge in [-0.2, -0.15) is 5.26 Å². The third-order valence-corrected chi connectivity index (χ3v) is 6.69. The summed E-state index contributed by atoms with van der Waals surface area (Å²) in [5.41, 5.74) is 0.452. The lowest BCUT2D eigenvalue weighted by Crippen LogP contribution is -2.48. The van der Waals surface area contributed by atoms with Crippen molar-refractivity contribution in [2.45, 2.75) is 49.8 Å². The van der Waals surface area contributed by atoms with Gasteiger partial charge < -0.3 is 15.5 Å². The molecule has 0 aliphatic carbocycles. The minimum atomic E-state index is -3.70. The van der Waals surface area contributed by atoms with Crippen LogP contribution in [-0.2, 0) is 14.6 Å². The third kappa shape index (κ3) is 5.23. The Morgan fingerprint density at radius 3 is 2.21 bits per heavy atom. The number of carbonyl (C=O) groups is 2. The first-order valence-corrected chi connectivity index (χ1v) is 10.8. The Morgan fingerprint density at radius 2 is 1.71 bits per heavy atom. The number of sulfone groups is 1. The minimum Gasteiger partial charge on any atom is -0.342 e. The van der Waals surface area contributed by atoms with Gasteiger partial charge in [-0.05, 0) is 44.0 Å². The van der Waals surface area contributed by atoms with Crippen molar-refractivity contribution in [1.29, 1.82) is 5.26 Å². The Morgan fingerprint density at radius 1 is 1.14 bits per heavy atom. The number of piperidine rings is 1. The molecule has 152 valence electrons. The summed E-state index contributed by atoms with van der Waals surface area (Å²) in [4.78, 5) is 26.0. The topological polar surface area (TPSA) is 119 Å². The molecule has 0 bridgehead atoms. The van der Waals surface area contributed by atoms with E-state index in [9.17, 15) is 18.0 Å². The summed E-state index contributed by atoms with van der Waals surface area (Å²) in [7, 11) is -3.70. The Balaban J connectivity index is 1.87. The van der Waals surface area contributed by atoms with E-state index in [-0.39, 0.29) is 28.8 Å². The monoisotopic (exact) mass is 406 g/mol. The van der Waals surface area contributed by atoms with E-state index in [1.807, 2.05) is 18.7 Å². The molecule has 1 atom stereocenters. The van der Waals surface area contributed by atoms with Crippen molar-refractivity contribution in [3.8, 4) is 6.07 Å². The van der Waals surface area contributed by atoms with Crippen LogP contribution in [0.4, 0.5) is 10.5 Å². The summed E-state index contributed by atoms with van der Waals surface area (Å²) < 4.78 is 24.3. The normalized spacial score (nSPS) is 16.3. The van der Waals surface area contributed by atoms with Gasteiger partial charge in [0.2, 0.25) is 5.91 Å². The highest BCUT2D eigenvalue weighted by atomic mass is 32.2. The zero-order chi connectivity index (χ0) is 20.9. The van der Waals surface area contributed by atoms with Crippen molar-refractivity contribution < 1.29 is 18.0 Å². The standard InChI is InChI=1S/C19H26N4O4S/c1-13(2)18(24)23-10-8-16(9-11-23)22-19(25)21-15-4-6-17(7-5-15)28(26,27)14(3)12-20/h4-7,13-14,16H,8-11H2,1-3H3,(H2,21,22,25)/t14-/m0/s1. The maximum Gasteiger partial charge on any atom is 0.319 e. The average molecular weight is 407 g/mol. The van der Waals surface area contributed by atoms with E-state index in [1.165, 1.54) is 31.2 Å². The number of nitriles is 1. The first kappa shape index (κ1) is 21.7. The average Bonchev–Trinajstić information content (AvgIpc) is 2.67. The molecule has 2 rings (SSSR count). The molecule has 2 N–H and O–H groups in total. The summed E-state index contributed by atoms with van der Waals surface area (Å²) >= 11 is 0. The Kier molecular flexibility index (Phi) is 7.02. The van der Waals surface area contributed by atoms with Gasteiger partial charge >= 0.3 is 6.03 Å². The Hall–Kier alpha value is -2.60. The molecule has 1 heterocycles. The van der Waals surface area contributed by atoms with E-state index in [2.05, 4.69) is 10.6 Å². The summed E-state index contributed by atoms with van der Waals surface area (Å²) in [6.07, 6.45) is 1.38. The number of benzene rings is 1. The van der Waals surface area contributed by atoms with Crippen LogP contribution in [0.1, 0.15) is 33.6 Å². The lowest BCUT2D eigenvalue weighted by Gasteiger charge is -2.33. The quantitative estimate of drug-likeness (QED) is 0.776. The van der Waals surface area contributed by atoms with Crippen molar-refractivity contribution in [1.82, 2.24) is 10.2 Å². The number of nitrogens with one attached hydrogen (secondary N) is 2. The van der Waals surface area contributed by atoms with Crippen LogP contribution in [0.2, 0.25) is 0 Å². The third-order valence-electron chi connectivity index (χ3n) is 4.72. The predicted octanol–water partition coefficient (Wildman–Crippen LogP) is 2.14. The van der Waals surface area contributed by atoms with Gasteiger partial charge in [0.25, 0.3) is 0 Å². The summed E-state index contributed by atoms with van der Waals surface area (Å²) in [5.74, 6) is 0.0967. The number of hydrogen-bond acceptors (Lipinski definition) is 5. The molecule has 8 nitrogen and oxygen atoms in total. The zero-order valence-corrected chi connectivity index (χ0v) is 17.1. The molecule has 0 unspecified atom stereocenters. The number of nitrogens with zero attached hydrogens (tertiary/aromatic N) is 2. The van der Waals surface area contributed by atoms with Crippen LogP contribution < -0.4 is 10.6 Å². The molecule has 1 fully saturated rings. The van der Waals surface area contributed by atoms with Crippen molar-refractivity contribution in [3.05, 3.63) is 24.3 Å². The Labute approximate surface area is 165 Å². The van der Waals surface area contributed by atoms with E-state index < -0.39 is 15.1 Å². The Bertz CT molecular complexity index is 851. The van der Waals surface area contributed by atoms with Crippen LogP contribution in [-0.4, -0.2) is 49.6 Å². The number of amides is 3. The number of anilines is 1. The summed E-state index contributed by atoms with van der Waals surface area (Å²) in [6.45, 7) is 6.31. The molecule has 0 saturated carbocycles. The molecule has 1 aromatic rings. The van der Waals surface area contributed by atoms with Gasteiger partial charge in [-0.15, -0.1) is 0 Å². The lowest BCUT2D eigenvalue weighted by molar-refractivity contribution is -0.135. The number of rotatable bonds is 5. The van der Waals surface area contributed by atoms with Crippen LogP contribution in [0.15, 0.2) is 29.2 Å². The first-order chi connectivity index (χ1) is 13.1. The van der Waals surface area contributed by atoms with Crippen molar-refractivity contribution in [3.63, 3.8) is 0 Å². The van der Waals surface area contributed by atoms with Crippen LogP contribution >= 0.6 is 0 Å². The van der Waals surface area contributed by atoms with Crippen LogP contribution in [0.3, 0.4) is 0 Å². The van der Waals surface area contributed by atoms with Gasteiger partial charge in [-0.25, -0.2) is 13.2 Å². The number of likely N-dealkylation sites (tertiary alicyclic amines) is 1. The molecule has 1 aliphatic rings. The predicted molar refractivity (Wildman–Crippen MR) is 105 cm³/mol. The fourth-order valence-corrected chi connectivity index (χ4v) is 4.03. The van der Waals surface area contributed by atoms with E-state index in [0.717, 1.165) is 0 Å². The number of hydrogen-bond donors (Lipinski definition) is 2. The van der Waals surface area contributed by atoms with Crippen molar-refractivity contribution >= 4 is 27.5 Å². The zero-order valence-electron chi connectivity index (χ0n) is 16.3. The highest BCUT2D eigenvalue weighted by Gasteiger charge is 2.25. The van der Waals surface area contributed by atoms with Gasteiger partial charge in [0, 0.05) is 30.7 Å². The van der Waals surface area contributed by atoms with E-state index in [1.54, 1.807) is 6.07 Å². The molecule has 0 radical (unpaired) electrons. The van der Waals surface area contributed by atoms with Gasteiger partial charge in [-0.1, -0.05) is 13.8 Å².